The Morgan fingerprint density at radius 3 is 2.67 bits per heavy atom. The van der Waals surface area contributed by atoms with Gasteiger partial charge in [-0.3, -0.25) is 4.98 Å². The summed E-state index contributed by atoms with van der Waals surface area (Å²) in [5, 5.41) is 0. The second-order valence-corrected chi connectivity index (χ2v) is 5.49. The summed E-state index contributed by atoms with van der Waals surface area (Å²) >= 11 is 0. The maximum Gasteiger partial charge on any atom is 0.231 e. The van der Waals surface area contributed by atoms with Gasteiger partial charge in [0.25, 0.3) is 0 Å². The van der Waals surface area contributed by atoms with Crippen LogP contribution in [0.2, 0.25) is 0 Å². The topological polar surface area (TPSA) is 29.7 Å². The number of rotatable bonds is 1. The van der Waals surface area contributed by atoms with E-state index in [-0.39, 0.29) is 0 Å². The molecule has 1 aliphatic rings. The standard InChI is InChI=1S/C18H16N3/c1-12-6-3-4-7-13(12)17-11-20-18-14-8-5-9-19-15(14)10-16(18)21(17)2/h3-9,11H,10H2,1-2H3/q+1. The molecule has 0 radical (unpaired) electrons. The Morgan fingerprint density at radius 2 is 1.81 bits per heavy atom. The molecule has 0 spiro atoms. The van der Waals surface area contributed by atoms with Crippen molar-refractivity contribution in [3.63, 3.8) is 0 Å². The Hall–Kier alpha value is -2.55. The maximum atomic E-state index is 4.72. The molecule has 3 nitrogen and oxygen atoms in total. The second-order valence-electron chi connectivity index (χ2n) is 5.49. The highest BCUT2D eigenvalue weighted by molar-refractivity contribution is 5.70. The smallest absolute Gasteiger partial charge is 0.231 e. The van der Waals surface area contributed by atoms with Crippen molar-refractivity contribution in [1.29, 1.82) is 0 Å². The van der Waals surface area contributed by atoms with Crippen molar-refractivity contribution in [3.8, 4) is 22.5 Å². The summed E-state index contributed by atoms with van der Waals surface area (Å²) in [6, 6.07) is 12.5. The lowest BCUT2D eigenvalue weighted by Gasteiger charge is -2.06. The van der Waals surface area contributed by atoms with Gasteiger partial charge in [0.15, 0.2) is 0 Å². The molecule has 3 aromatic rings. The quantitative estimate of drug-likeness (QED) is 0.500. The first-order valence-electron chi connectivity index (χ1n) is 7.14. The molecule has 0 saturated heterocycles. The predicted molar refractivity (Wildman–Crippen MR) is 81.6 cm³/mol. The third-order valence-electron chi connectivity index (χ3n) is 4.26. The number of aryl methyl sites for hydroxylation is 1. The zero-order valence-corrected chi connectivity index (χ0v) is 12.2. The molecule has 4 rings (SSSR count). The molecule has 0 amide bonds. The van der Waals surface area contributed by atoms with Gasteiger partial charge in [-0.25, -0.2) is 4.98 Å². The van der Waals surface area contributed by atoms with E-state index in [0.29, 0.717) is 0 Å². The monoisotopic (exact) mass is 274 g/mol. The summed E-state index contributed by atoms with van der Waals surface area (Å²) in [6.45, 7) is 2.14. The normalized spacial score (nSPS) is 12.1. The van der Waals surface area contributed by atoms with Crippen LogP contribution in [-0.4, -0.2) is 9.97 Å². The Morgan fingerprint density at radius 1 is 1.00 bits per heavy atom. The Labute approximate surface area is 124 Å². The molecule has 0 unspecified atom stereocenters. The summed E-state index contributed by atoms with van der Waals surface area (Å²) in [5.41, 5.74) is 8.25. The van der Waals surface area contributed by atoms with Gasteiger partial charge >= 0.3 is 0 Å². The highest BCUT2D eigenvalue weighted by Gasteiger charge is 2.30. The van der Waals surface area contributed by atoms with Crippen molar-refractivity contribution in [2.75, 3.05) is 0 Å². The van der Waals surface area contributed by atoms with E-state index in [9.17, 15) is 0 Å². The molecule has 0 atom stereocenters. The van der Waals surface area contributed by atoms with E-state index in [2.05, 4.69) is 53.9 Å². The minimum Gasteiger partial charge on any atom is -0.260 e. The molecule has 0 aliphatic heterocycles. The van der Waals surface area contributed by atoms with Crippen molar-refractivity contribution >= 4 is 0 Å². The number of fused-ring (bicyclic) bond motifs is 3. The van der Waals surface area contributed by atoms with E-state index in [0.717, 1.165) is 23.5 Å². The summed E-state index contributed by atoms with van der Waals surface area (Å²) < 4.78 is 2.26. The third-order valence-corrected chi connectivity index (χ3v) is 4.26. The fraction of sp³-hybridized carbons (Fsp3) is 0.167. The van der Waals surface area contributed by atoms with Gasteiger partial charge in [-0.15, -0.1) is 0 Å². The predicted octanol–water partition coefficient (Wildman–Crippen LogP) is 2.85. The molecule has 0 saturated carbocycles. The van der Waals surface area contributed by atoms with E-state index < -0.39 is 0 Å². The molecule has 2 heterocycles. The second kappa shape index (κ2) is 4.48. The van der Waals surface area contributed by atoms with Crippen LogP contribution in [0.15, 0.2) is 48.8 Å². The van der Waals surface area contributed by atoms with Crippen LogP contribution >= 0.6 is 0 Å². The number of benzene rings is 1. The molecule has 0 N–H and O–H groups in total. The van der Waals surface area contributed by atoms with Gasteiger partial charge in [0.2, 0.25) is 11.4 Å². The first kappa shape index (κ1) is 12.2. The molecule has 2 aromatic heterocycles. The number of hydrogen-bond donors (Lipinski definition) is 0. The maximum absolute atomic E-state index is 4.72. The van der Waals surface area contributed by atoms with Crippen LogP contribution in [0, 0.1) is 6.92 Å². The Balaban J connectivity index is 1.93. The molecule has 0 fully saturated rings. The van der Waals surface area contributed by atoms with Gasteiger partial charge in [-0.05, 0) is 30.7 Å². The molecule has 1 aromatic carbocycles. The average molecular weight is 274 g/mol. The lowest BCUT2D eigenvalue weighted by Crippen LogP contribution is -2.36. The van der Waals surface area contributed by atoms with Crippen molar-refractivity contribution in [2.24, 2.45) is 7.05 Å². The molecule has 0 bridgehead atoms. The highest BCUT2D eigenvalue weighted by Crippen LogP contribution is 2.32. The van der Waals surface area contributed by atoms with E-state index in [4.69, 9.17) is 4.98 Å². The molecule has 21 heavy (non-hydrogen) atoms. The van der Waals surface area contributed by atoms with Gasteiger partial charge in [-0.1, -0.05) is 18.2 Å². The Bertz CT molecular complexity index is 853. The van der Waals surface area contributed by atoms with Gasteiger partial charge in [-0.2, -0.15) is 4.57 Å². The van der Waals surface area contributed by atoms with E-state index in [1.165, 1.54) is 22.4 Å². The van der Waals surface area contributed by atoms with Crippen molar-refractivity contribution in [2.45, 2.75) is 13.3 Å². The highest BCUT2D eigenvalue weighted by atomic mass is 15.0. The summed E-state index contributed by atoms with van der Waals surface area (Å²) in [5.74, 6) is 0. The first-order valence-corrected chi connectivity index (χ1v) is 7.14. The van der Waals surface area contributed by atoms with Gasteiger partial charge in [0.05, 0.1) is 17.7 Å². The van der Waals surface area contributed by atoms with E-state index in [1.54, 1.807) is 0 Å². The first-order chi connectivity index (χ1) is 10.3. The van der Waals surface area contributed by atoms with E-state index >= 15 is 0 Å². The summed E-state index contributed by atoms with van der Waals surface area (Å²) in [4.78, 5) is 9.20. The number of aromatic nitrogens is 3. The summed E-state index contributed by atoms with van der Waals surface area (Å²) in [7, 11) is 2.12. The molecular weight excluding hydrogens is 258 g/mol. The summed E-state index contributed by atoms with van der Waals surface area (Å²) in [6.07, 6.45) is 4.69. The average Bonchev–Trinajstić information content (AvgIpc) is 2.89. The zero-order valence-electron chi connectivity index (χ0n) is 12.2. The SMILES string of the molecule is Cc1ccccc1-c1cnc2c([n+]1C)Cc1ncccc1-2. The Kier molecular flexibility index (Phi) is 2.61. The minimum atomic E-state index is 0.856. The fourth-order valence-electron chi connectivity index (χ4n) is 3.08. The molecular formula is C18H16N3+. The zero-order chi connectivity index (χ0) is 14.4. The van der Waals surface area contributed by atoms with Crippen LogP contribution in [-0.2, 0) is 13.5 Å². The van der Waals surface area contributed by atoms with Crippen molar-refractivity contribution < 1.29 is 4.57 Å². The lowest BCUT2D eigenvalue weighted by atomic mass is 10.1. The van der Waals surface area contributed by atoms with Gasteiger partial charge < -0.3 is 0 Å². The number of nitrogens with zero attached hydrogens (tertiary/aromatic N) is 3. The van der Waals surface area contributed by atoms with E-state index in [1.807, 2.05) is 18.5 Å². The largest absolute Gasteiger partial charge is 0.260 e. The third kappa shape index (κ3) is 1.77. The van der Waals surface area contributed by atoms with Crippen molar-refractivity contribution in [1.82, 2.24) is 9.97 Å². The van der Waals surface area contributed by atoms with Crippen molar-refractivity contribution in [3.05, 3.63) is 65.7 Å². The van der Waals surface area contributed by atoms with Crippen LogP contribution in [0.3, 0.4) is 0 Å². The fourth-order valence-corrected chi connectivity index (χ4v) is 3.08. The molecule has 1 aliphatic carbocycles. The number of pyridine rings is 1. The van der Waals surface area contributed by atoms with Crippen LogP contribution < -0.4 is 4.57 Å². The van der Waals surface area contributed by atoms with Crippen LogP contribution in [0.25, 0.3) is 22.5 Å². The van der Waals surface area contributed by atoms with Crippen LogP contribution in [0.4, 0.5) is 0 Å². The minimum absolute atomic E-state index is 0.856. The molecule has 102 valence electrons. The van der Waals surface area contributed by atoms with Gasteiger partial charge in [0.1, 0.15) is 18.9 Å². The van der Waals surface area contributed by atoms with Crippen LogP contribution in [0.1, 0.15) is 17.0 Å². The lowest BCUT2D eigenvalue weighted by molar-refractivity contribution is -0.667. The van der Waals surface area contributed by atoms with Gasteiger partial charge in [0, 0.05) is 11.8 Å². The van der Waals surface area contributed by atoms with Crippen LogP contribution in [0.5, 0.6) is 0 Å². The number of hydrogen-bond acceptors (Lipinski definition) is 2. The molecule has 3 heteroatoms.